The van der Waals surface area contributed by atoms with Gasteiger partial charge in [-0.1, -0.05) is 0 Å². The number of ether oxygens (including phenoxy) is 2. The number of carbonyl (C=O) groups is 3. The first-order chi connectivity index (χ1) is 16.1. The lowest BCUT2D eigenvalue weighted by atomic mass is 9.95. The standard InChI is InChI=1S/C23H31N5O5S/c1-13(16-7-6-9-27(16)22(31)33-23(2,3)4)28-20-14(11-24-28)21(34-5)26-19(25-20)18(30)15-12-32-10-8-17(15)29/h11,13,15-16H,6-10,12H2,1-5H3/t13-,15?,16-/m0/s1. The van der Waals surface area contributed by atoms with Crippen LogP contribution < -0.4 is 0 Å². The molecule has 2 saturated heterocycles. The predicted octanol–water partition coefficient (Wildman–Crippen LogP) is 3.30. The second kappa shape index (κ2) is 9.61. The van der Waals surface area contributed by atoms with Crippen molar-refractivity contribution in [3.8, 4) is 0 Å². The van der Waals surface area contributed by atoms with Crippen molar-refractivity contribution in [1.82, 2.24) is 24.6 Å². The number of aromatic nitrogens is 4. The van der Waals surface area contributed by atoms with E-state index in [9.17, 15) is 14.4 Å². The third-order valence-electron chi connectivity index (χ3n) is 6.18. The summed E-state index contributed by atoms with van der Waals surface area (Å²) in [5, 5.41) is 5.91. The third-order valence-corrected chi connectivity index (χ3v) is 6.88. The van der Waals surface area contributed by atoms with Gasteiger partial charge < -0.3 is 14.4 Å². The van der Waals surface area contributed by atoms with Crippen LogP contribution in [0, 0.1) is 5.92 Å². The molecule has 2 fully saturated rings. The van der Waals surface area contributed by atoms with E-state index in [2.05, 4.69) is 15.1 Å². The number of Topliss-reactive ketones (excluding diaryl/α,β-unsaturated/α-hetero) is 2. The Hall–Kier alpha value is -2.53. The quantitative estimate of drug-likeness (QED) is 0.270. The second-order valence-corrected chi connectivity index (χ2v) is 10.5. The highest BCUT2D eigenvalue weighted by molar-refractivity contribution is 7.98. The molecule has 0 saturated carbocycles. The van der Waals surface area contributed by atoms with E-state index >= 15 is 0 Å². The summed E-state index contributed by atoms with van der Waals surface area (Å²) in [4.78, 5) is 49.0. The van der Waals surface area contributed by atoms with Crippen LogP contribution in [0.5, 0.6) is 0 Å². The smallest absolute Gasteiger partial charge is 0.410 e. The average Bonchev–Trinajstić information content (AvgIpc) is 3.44. The van der Waals surface area contributed by atoms with Gasteiger partial charge in [0, 0.05) is 13.0 Å². The molecule has 2 aromatic rings. The lowest BCUT2D eigenvalue weighted by Crippen LogP contribution is -2.43. The van der Waals surface area contributed by atoms with Crippen molar-refractivity contribution in [2.75, 3.05) is 26.0 Å². The number of thioether (sulfide) groups is 1. The maximum Gasteiger partial charge on any atom is 0.410 e. The number of rotatable bonds is 5. The summed E-state index contributed by atoms with van der Waals surface area (Å²) in [7, 11) is 0. The van der Waals surface area contributed by atoms with Crippen LogP contribution >= 0.6 is 11.8 Å². The monoisotopic (exact) mass is 489 g/mol. The minimum atomic E-state index is -0.882. The van der Waals surface area contributed by atoms with Crippen molar-refractivity contribution >= 4 is 40.5 Å². The van der Waals surface area contributed by atoms with Gasteiger partial charge in [-0.2, -0.15) is 5.10 Å². The molecule has 2 aliphatic rings. The number of fused-ring (bicyclic) bond motifs is 1. The van der Waals surface area contributed by atoms with Crippen LogP contribution in [0.3, 0.4) is 0 Å². The van der Waals surface area contributed by atoms with Crippen molar-refractivity contribution in [3.05, 3.63) is 12.0 Å². The fourth-order valence-electron chi connectivity index (χ4n) is 4.49. The molecule has 0 bridgehead atoms. The minimum Gasteiger partial charge on any atom is -0.444 e. The van der Waals surface area contributed by atoms with E-state index in [1.807, 2.05) is 34.0 Å². The number of hydrogen-bond acceptors (Lipinski definition) is 9. The first kappa shape index (κ1) is 24.6. The summed E-state index contributed by atoms with van der Waals surface area (Å²) < 4.78 is 12.7. The Balaban J connectivity index is 1.67. The molecule has 4 heterocycles. The van der Waals surface area contributed by atoms with E-state index in [0.29, 0.717) is 23.8 Å². The van der Waals surface area contributed by atoms with Gasteiger partial charge in [0.1, 0.15) is 22.3 Å². The molecule has 0 N–H and O–H groups in total. The van der Waals surface area contributed by atoms with Gasteiger partial charge in [-0.05, 0) is 46.8 Å². The van der Waals surface area contributed by atoms with Crippen LogP contribution in [-0.2, 0) is 14.3 Å². The molecular weight excluding hydrogens is 458 g/mol. The summed E-state index contributed by atoms with van der Waals surface area (Å²) in [5.74, 6) is -1.47. The third kappa shape index (κ3) is 4.81. The highest BCUT2D eigenvalue weighted by Crippen LogP contribution is 2.32. The van der Waals surface area contributed by atoms with E-state index in [1.165, 1.54) is 11.8 Å². The number of amides is 1. The fourth-order valence-corrected chi connectivity index (χ4v) is 5.03. The van der Waals surface area contributed by atoms with Gasteiger partial charge in [-0.25, -0.2) is 19.4 Å². The largest absolute Gasteiger partial charge is 0.444 e. The molecule has 0 spiro atoms. The summed E-state index contributed by atoms with van der Waals surface area (Å²) in [6.07, 6.45) is 5.10. The Kier molecular flexibility index (Phi) is 6.95. The number of hydrogen-bond donors (Lipinski definition) is 0. The summed E-state index contributed by atoms with van der Waals surface area (Å²) in [5.41, 5.74) is -0.0718. The molecule has 3 atom stereocenters. The van der Waals surface area contributed by atoms with Gasteiger partial charge in [-0.3, -0.25) is 9.59 Å². The molecule has 0 radical (unpaired) electrons. The van der Waals surface area contributed by atoms with Gasteiger partial charge in [0.05, 0.1) is 36.9 Å². The van der Waals surface area contributed by atoms with Crippen LogP contribution in [0.2, 0.25) is 0 Å². The molecule has 1 amide bonds. The lowest BCUT2D eigenvalue weighted by Gasteiger charge is -2.31. The van der Waals surface area contributed by atoms with Crippen molar-refractivity contribution < 1.29 is 23.9 Å². The topological polar surface area (TPSA) is 117 Å². The van der Waals surface area contributed by atoms with E-state index in [-0.39, 0.29) is 42.8 Å². The van der Waals surface area contributed by atoms with Crippen LogP contribution in [0.15, 0.2) is 11.2 Å². The Labute approximate surface area is 202 Å². The summed E-state index contributed by atoms with van der Waals surface area (Å²) in [6.45, 7) is 8.53. The van der Waals surface area contributed by atoms with E-state index in [1.54, 1.807) is 15.8 Å². The van der Waals surface area contributed by atoms with Gasteiger partial charge in [0.2, 0.25) is 5.78 Å². The molecular formula is C23H31N5O5S. The van der Waals surface area contributed by atoms with Crippen molar-refractivity contribution in [2.24, 2.45) is 5.92 Å². The van der Waals surface area contributed by atoms with Gasteiger partial charge in [-0.15, -0.1) is 11.8 Å². The molecule has 2 aromatic heterocycles. The molecule has 4 rings (SSSR count). The molecule has 0 aromatic carbocycles. The van der Waals surface area contributed by atoms with Crippen molar-refractivity contribution in [1.29, 1.82) is 0 Å². The highest BCUT2D eigenvalue weighted by Gasteiger charge is 2.38. The number of ketones is 2. The lowest BCUT2D eigenvalue weighted by molar-refractivity contribution is -0.128. The Bertz CT molecular complexity index is 1110. The Morgan fingerprint density at radius 3 is 2.74 bits per heavy atom. The molecule has 1 unspecified atom stereocenters. The number of nitrogens with zero attached hydrogens (tertiary/aromatic N) is 5. The zero-order chi connectivity index (χ0) is 24.6. The maximum absolute atomic E-state index is 13.1. The van der Waals surface area contributed by atoms with Gasteiger partial charge in [0.25, 0.3) is 0 Å². The maximum atomic E-state index is 13.1. The number of carbonyl (C=O) groups excluding carboxylic acids is 3. The Morgan fingerprint density at radius 1 is 1.29 bits per heavy atom. The molecule has 2 aliphatic heterocycles. The van der Waals surface area contributed by atoms with E-state index in [4.69, 9.17) is 9.47 Å². The van der Waals surface area contributed by atoms with Crippen LogP contribution in [0.25, 0.3) is 11.0 Å². The molecule has 34 heavy (non-hydrogen) atoms. The van der Waals surface area contributed by atoms with Crippen LogP contribution in [0.4, 0.5) is 4.79 Å². The molecule has 184 valence electrons. The average molecular weight is 490 g/mol. The van der Waals surface area contributed by atoms with Crippen LogP contribution in [-0.4, -0.2) is 80.0 Å². The van der Waals surface area contributed by atoms with Gasteiger partial charge in [0.15, 0.2) is 11.5 Å². The fraction of sp³-hybridized carbons (Fsp3) is 0.652. The first-order valence-corrected chi connectivity index (χ1v) is 12.8. The van der Waals surface area contributed by atoms with Crippen molar-refractivity contribution in [2.45, 2.75) is 69.7 Å². The summed E-state index contributed by atoms with van der Waals surface area (Å²) in [6, 6.07) is -0.335. The van der Waals surface area contributed by atoms with E-state index < -0.39 is 17.3 Å². The zero-order valence-electron chi connectivity index (χ0n) is 20.2. The molecule has 10 nitrogen and oxygen atoms in total. The van der Waals surface area contributed by atoms with E-state index in [0.717, 1.165) is 18.2 Å². The van der Waals surface area contributed by atoms with Gasteiger partial charge >= 0.3 is 6.09 Å². The number of likely N-dealkylation sites (tertiary alicyclic amines) is 1. The SMILES string of the molecule is CSc1nc(C(=O)C2COCCC2=O)nc2c1cnn2[C@@H](C)[C@@H]1CCCN1C(=O)OC(C)(C)C. The van der Waals surface area contributed by atoms with Crippen molar-refractivity contribution in [3.63, 3.8) is 0 Å². The van der Waals surface area contributed by atoms with Crippen LogP contribution in [0.1, 0.15) is 63.6 Å². The zero-order valence-corrected chi connectivity index (χ0v) is 21.1. The predicted molar refractivity (Wildman–Crippen MR) is 126 cm³/mol. The normalized spacial score (nSPS) is 22.3. The second-order valence-electron chi connectivity index (χ2n) is 9.71. The minimum absolute atomic E-state index is 0.00919. The molecule has 0 aliphatic carbocycles. The molecule has 11 heteroatoms. The highest BCUT2D eigenvalue weighted by atomic mass is 32.2. The first-order valence-electron chi connectivity index (χ1n) is 11.5. The Morgan fingerprint density at radius 2 is 2.06 bits per heavy atom. The summed E-state index contributed by atoms with van der Waals surface area (Å²) >= 11 is 1.39.